The van der Waals surface area contributed by atoms with Gasteiger partial charge in [-0.1, -0.05) is 11.6 Å². The second-order valence-corrected chi connectivity index (χ2v) is 6.58. The van der Waals surface area contributed by atoms with Gasteiger partial charge in [0.1, 0.15) is 5.69 Å². The Morgan fingerprint density at radius 2 is 1.89 bits per heavy atom. The lowest BCUT2D eigenvalue weighted by Gasteiger charge is -2.13. The van der Waals surface area contributed by atoms with Crippen LogP contribution in [0.15, 0.2) is 48.2 Å². The van der Waals surface area contributed by atoms with Gasteiger partial charge in [0.2, 0.25) is 5.95 Å². The van der Waals surface area contributed by atoms with E-state index in [0.29, 0.717) is 12.5 Å². The van der Waals surface area contributed by atoms with Crippen LogP contribution in [0, 0.1) is 0 Å². The molecule has 2 N–H and O–H groups in total. The molecule has 0 saturated carbocycles. The summed E-state index contributed by atoms with van der Waals surface area (Å²) < 4.78 is 37.8. The fourth-order valence-electron chi connectivity index (χ4n) is 2.97. The van der Waals surface area contributed by atoms with Gasteiger partial charge in [0.15, 0.2) is 0 Å². The number of nitrogens with zero attached hydrogens (tertiary/aromatic N) is 2. The van der Waals surface area contributed by atoms with Crippen LogP contribution in [0.3, 0.4) is 0 Å². The summed E-state index contributed by atoms with van der Waals surface area (Å²) in [5, 5.41) is 5.65. The number of anilines is 2. The standard InChI is InChI=1S/C20H21F3N4O/c21-20(22,23)15-6-8-16(9-7-15)26-18(28)17-11-13-25-19(27-17)24-12-10-14-4-2-1-3-5-14/h4,6-9,11,13H,1-3,5,10,12H2,(H,26,28)(H,24,25,27). The first-order chi connectivity index (χ1) is 13.4. The van der Waals surface area contributed by atoms with E-state index in [9.17, 15) is 18.0 Å². The van der Waals surface area contributed by atoms with Crippen LogP contribution < -0.4 is 10.6 Å². The second-order valence-electron chi connectivity index (χ2n) is 6.58. The largest absolute Gasteiger partial charge is 0.416 e. The van der Waals surface area contributed by atoms with Crippen LogP contribution in [0.5, 0.6) is 0 Å². The van der Waals surface area contributed by atoms with E-state index in [1.807, 2.05) is 0 Å². The van der Waals surface area contributed by atoms with Crippen molar-refractivity contribution in [2.75, 3.05) is 17.2 Å². The second kappa shape index (κ2) is 8.86. The molecule has 5 nitrogen and oxygen atoms in total. The molecule has 0 fully saturated rings. The molecule has 0 spiro atoms. The van der Waals surface area contributed by atoms with E-state index in [1.54, 1.807) is 0 Å². The molecule has 0 atom stereocenters. The number of amides is 1. The highest BCUT2D eigenvalue weighted by Gasteiger charge is 2.30. The minimum atomic E-state index is -4.41. The van der Waals surface area contributed by atoms with Gasteiger partial charge in [-0.3, -0.25) is 4.79 Å². The monoisotopic (exact) mass is 390 g/mol. The summed E-state index contributed by atoms with van der Waals surface area (Å²) >= 11 is 0. The first kappa shape index (κ1) is 19.9. The number of nitrogens with one attached hydrogen (secondary N) is 2. The summed E-state index contributed by atoms with van der Waals surface area (Å²) in [6, 6.07) is 5.71. The van der Waals surface area contributed by atoms with E-state index in [1.165, 1.54) is 42.8 Å². The minimum Gasteiger partial charge on any atom is -0.354 e. The van der Waals surface area contributed by atoms with E-state index >= 15 is 0 Å². The van der Waals surface area contributed by atoms with E-state index in [4.69, 9.17) is 0 Å². The third-order valence-electron chi connectivity index (χ3n) is 4.47. The number of alkyl halides is 3. The Morgan fingerprint density at radius 1 is 1.11 bits per heavy atom. The Morgan fingerprint density at radius 3 is 2.57 bits per heavy atom. The van der Waals surface area contributed by atoms with Crippen molar-refractivity contribution in [2.24, 2.45) is 0 Å². The molecular weight excluding hydrogens is 369 g/mol. The molecule has 148 valence electrons. The first-order valence-electron chi connectivity index (χ1n) is 9.15. The van der Waals surface area contributed by atoms with Crippen LogP contribution in [-0.2, 0) is 6.18 Å². The molecule has 1 aliphatic carbocycles. The Balaban J connectivity index is 1.56. The maximum Gasteiger partial charge on any atom is 0.416 e. The SMILES string of the molecule is O=C(Nc1ccc(C(F)(F)F)cc1)c1ccnc(NCCC2=CCCCC2)n1. The van der Waals surface area contributed by atoms with Crippen LogP contribution in [-0.4, -0.2) is 22.4 Å². The molecule has 3 rings (SSSR count). The highest BCUT2D eigenvalue weighted by molar-refractivity contribution is 6.02. The number of aromatic nitrogens is 2. The average Bonchev–Trinajstić information content (AvgIpc) is 2.69. The van der Waals surface area contributed by atoms with Gasteiger partial charge < -0.3 is 10.6 Å². The Labute approximate surface area is 161 Å². The number of allylic oxidation sites excluding steroid dienone is 1. The summed E-state index contributed by atoms with van der Waals surface area (Å²) in [5.74, 6) is -0.170. The van der Waals surface area contributed by atoms with Gasteiger partial charge in [0.25, 0.3) is 5.91 Å². The summed E-state index contributed by atoms with van der Waals surface area (Å²) in [6.45, 7) is 0.676. The first-order valence-corrected chi connectivity index (χ1v) is 9.15. The zero-order valence-corrected chi connectivity index (χ0v) is 15.2. The molecule has 0 aliphatic heterocycles. The van der Waals surface area contributed by atoms with E-state index in [2.05, 4.69) is 26.7 Å². The van der Waals surface area contributed by atoms with Crippen LogP contribution in [0.4, 0.5) is 24.8 Å². The molecule has 0 bridgehead atoms. The number of benzene rings is 1. The molecule has 1 aliphatic rings. The molecule has 2 aromatic rings. The molecule has 28 heavy (non-hydrogen) atoms. The number of carbonyl (C=O) groups is 1. The van der Waals surface area contributed by atoms with Gasteiger partial charge in [0, 0.05) is 18.4 Å². The summed E-state index contributed by atoms with van der Waals surface area (Å²) in [5.41, 5.74) is 1.05. The number of hydrogen-bond donors (Lipinski definition) is 2. The third-order valence-corrected chi connectivity index (χ3v) is 4.47. The summed E-state index contributed by atoms with van der Waals surface area (Å²) in [6.07, 6.45) is 4.97. The van der Waals surface area contributed by atoms with Crippen molar-refractivity contribution in [1.29, 1.82) is 0 Å². The zero-order valence-electron chi connectivity index (χ0n) is 15.2. The maximum absolute atomic E-state index is 12.6. The fraction of sp³-hybridized carbons (Fsp3) is 0.350. The molecule has 1 aromatic carbocycles. The number of halogens is 3. The number of carbonyl (C=O) groups excluding carboxylic acids is 1. The lowest BCUT2D eigenvalue weighted by molar-refractivity contribution is -0.137. The van der Waals surface area contributed by atoms with Gasteiger partial charge in [-0.15, -0.1) is 0 Å². The van der Waals surface area contributed by atoms with Crippen molar-refractivity contribution in [1.82, 2.24) is 9.97 Å². The normalized spacial score (nSPS) is 14.3. The van der Waals surface area contributed by atoms with Crippen molar-refractivity contribution in [2.45, 2.75) is 38.3 Å². The maximum atomic E-state index is 12.6. The quantitative estimate of drug-likeness (QED) is 0.678. The van der Waals surface area contributed by atoms with Gasteiger partial charge in [-0.2, -0.15) is 13.2 Å². The average molecular weight is 390 g/mol. The van der Waals surface area contributed by atoms with Crippen LogP contribution in [0.1, 0.15) is 48.2 Å². The molecule has 8 heteroatoms. The van der Waals surface area contributed by atoms with Crippen molar-refractivity contribution < 1.29 is 18.0 Å². The smallest absolute Gasteiger partial charge is 0.354 e. The molecule has 0 saturated heterocycles. The van der Waals surface area contributed by atoms with Gasteiger partial charge in [-0.05, 0) is 62.4 Å². The predicted molar refractivity (Wildman–Crippen MR) is 101 cm³/mol. The Kier molecular flexibility index (Phi) is 6.28. The zero-order chi connectivity index (χ0) is 20.0. The van der Waals surface area contributed by atoms with Crippen molar-refractivity contribution in [3.63, 3.8) is 0 Å². The van der Waals surface area contributed by atoms with Crippen molar-refractivity contribution in [3.05, 3.63) is 59.4 Å². The van der Waals surface area contributed by atoms with Crippen LogP contribution in [0.2, 0.25) is 0 Å². The van der Waals surface area contributed by atoms with Crippen LogP contribution >= 0.6 is 0 Å². The van der Waals surface area contributed by atoms with Crippen LogP contribution in [0.25, 0.3) is 0 Å². The highest BCUT2D eigenvalue weighted by atomic mass is 19.4. The predicted octanol–water partition coefficient (Wildman–Crippen LogP) is 5.05. The van der Waals surface area contributed by atoms with Gasteiger partial charge >= 0.3 is 6.18 Å². The molecule has 1 amide bonds. The number of rotatable bonds is 6. The van der Waals surface area contributed by atoms with Crippen molar-refractivity contribution >= 4 is 17.5 Å². The topological polar surface area (TPSA) is 66.9 Å². The fourth-order valence-corrected chi connectivity index (χ4v) is 2.97. The van der Waals surface area contributed by atoms with Gasteiger partial charge in [0.05, 0.1) is 5.56 Å². The summed E-state index contributed by atoms with van der Waals surface area (Å²) in [7, 11) is 0. The molecule has 0 unspecified atom stereocenters. The molecule has 1 aromatic heterocycles. The van der Waals surface area contributed by atoms with E-state index in [0.717, 1.165) is 31.4 Å². The minimum absolute atomic E-state index is 0.134. The Bertz CT molecular complexity index is 847. The Hall–Kier alpha value is -2.90. The van der Waals surface area contributed by atoms with E-state index < -0.39 is 17.6 Å². The van der Waals surface area contributed by atoms with E-state index in [-0.39, 0.29) is 11.4 Å². The lowest BCUT2D eigenvalue weighted by atomic mass is 9.97. The molecule has 1 heterocycles. The summed E-state index contributed by atoms with van der Waals surface area (Å²) in [4.78, 5) is 20.6. The number of hydrogen-bond acceptors (Lipinski definition) is 4. The van der Waals surface area contributed by atoms with Gasteiger partial charge in [-0.25, -0.2) is 9.97 Å². The molecule has 0 radical (unpaired) electrons. The van der Waals surface area contributed by atoms with Crippen molar-refractivity contribution in [3.8, 4) is 0 Å². The lowest BCUT2D eigenvalue weighted by Crippen LogP contribution is -2.16. The highest BCUT2D eigenvalue weighted by Crippen LogP contribution is 2.29. The molecular formula is C20H21F3N4O. The third kappa shape index (κ3) is 5.55.